The van der Waals surface area contributed by atoms with E-state index in [2.05, 4.69) is 11.6 Å². The van der Waals surface area contributed by atoms with E-state index in [0.29, 0.717) is 0 Å². The molecule has 0 spiro atoms. The van der Waals surface area contributed by atoms with Crippen LogP contribution in [-0.4, -0.2) is 21.2 Å². The van der Waals surface area contributed by atoms with Crippen LogP contribution in [0.4, 0.5) is 0 Å². The average Bonchev–Trinajstić information content (AvgIpc) is 2.51. The molecule has 1 atom stereocenters. The zero-order chi connectivity index (χ0) is 15.7. The van der Waals surface area contributed by atoms with Crippen molar-refractivity contribution in [1.29, 1.82) is 0 Å². The summed E-state index contributed by atoms with van der Waals surface area (Å²) < 4.78 is 1.12. The van der Waals surface area contributed by atoms with Crippen molar-refractivity contribution in [3.05, 3.63) is 74.4 Å². The Kier molecular flexibility index (Phi) is 3.68. The first-order chi connectivity index (χ1) is 10.6. The van der Waals surface area contributed by atoms with Crippen molar-refractivity contribution in [1.82, 2.24) is 9.55 Å². The van der Waals surface area contributed by atoms with E-state index in [-0.39, 0.29) is 24.0 Å². The van der Waals surface area contributed by atoms with Crippen LogP contribution in [-0.2, 0) is 13.0 Å². The Morgan fingerprint density at radius 1 is 1.41 bits per heavy atom. The van der Waals surface area contributed by atoms with Gasteiger partial charge in [-0.05, 0) is 5.56 Å². The molecule has 1 aromatic heterocycles. The highest BCUT2D eigenvalue weighted by Gasteiger charge is 2.31. The molecule has 0 fully saturated rings. The molecule has 3 rings (SSSR count). The Morgan fingerprint density at radius 3 is 2.95 bits per heavy atom. The van der Waals surface area contributed by atoms with E-state index >= 15 is 0 Å². The second-order valence-electron chi connectivity index (χ2n) is 5.35. The van der Waals surface area contributed by atoms with Crippen LogP contribution in [0.5, 0.6) is 5.88 Å². The zero-order valence-electron chi connectivity index (χ0n) is 12.1. The third-order valence-corrected chi connectivity index (χ3v) is 4.04. The normalized spacial score (nSPS) is 17.0. The van der Waals surface area contributed by atoms with Crippen LogP contribution in [0.2, 0.25) is 0 Å². The predicted octanol–water partition coefficient (Wildman–Crippen LogP) is -0.363. The van der Waals surface area contributed by atoms with Gasteiger partial charge in [0.05, 0.1) is 6.54 Å². The standard InChI is InChI=1S/C16H17N3O3/c1-2-9-19-15(21)12(14(20)18-16(19)22)13-11-6-4-3-5-10(11)7-8-17-13/h2-6,13,17,21H,1,7-9H2,(H,18,20,22)/p+1/t13-/m1/s1. The van der Waals surface area contributed by atoms with Crippen LogP contribution in [0.15, 0.2) is 46.5 Å². The lowest BCUT2D eigenvalue weighted by Gasteiger charge is -2.24. The molecule has 6 nitrogen and oxygen atoms in total. The van der Waals surface area contributed by atoms with Gasteiger partial charge in [-0.15, -0.1) is 6.58 Å². The van der Waals surface area contributed by atoms with E-state index in [9.17, 15) is 14.7 Å². The van der Waals surface area contributed by atoms with Gasteiger partial charge in [0, 0.05) is 18.5 Å². The summed E-state index contributed by atoms with van der Waals surface area (Å²) in [4.78, 5) is 26.4. The molecular formula is C16H18N3O3+. The number of hydrogen-bond donors (Lipinski definition) is 3. The van der Waals surface area contributed by atoms with Crippen molar-refractivity contribution < 1.29 is 10.4 Å². The first-order valence-electron chi connectivity index (χ1n) is 7.21. The average molecular weight is 300 g/mol. The highest BCUT2D eigenvalue weighted by molar-refractivity contribution is 5.39. The number of nitrogens with one attached hydrogen (secondary N) is 1. The number of hydrogen-bond acceptors (Lipinski definition) is 3. The van der Waals surface area contributed by atoms with Crippen molar-refractivity contribution >= 4 is 0 Å². The monoisotopic (exact) mass is 300 g/mol. The largest absolute Gasteiger partial charge is 0.494 e. The van der Waals surface area contributed by atoms with Crippen molar-refractivity contribution in [2.45, 2.75) is 19.0 Å². The van der Waals surface area contributed by atoms with Gasteiger partial charge >= 0.3 is 5.69 Å². The fraction of sp³-hybridized carbons (Fsp3) is 0.250. The van der Waals surface area contributed by atoms with Gasteiger partial charge in [-0.3, -0.25) is 14.3 Å². The topological polar surface area (TPSA) is 91.7 Å². The van der Waals surface area contributed by atoms with Crippen LogP contribution < -0.4 is 16.6 Å². The Hall–Kier alpha value is -2.60. The van der Waals surface area contributed by atoms with E-state index in [1.54, 1.807) is 0 Å². The third kappa shape index (κ3) is 2.27. The lowest BCUT2D eigenvalue weighted by molar-refractivity contribution is -0.690. The molecule has 4 N–H and O–H groups in total. The first-order valence-corrected chi connectivity index (χ1v) is 7.21. The second-order valence-corrected chi connectivity index (χ2v) is 5.35. The molecule has 1 aliphatic heterocycles. The van der Waals surface area contributed by atoms with Gasteiger partial charge in [0.2, 0.25) is 5.88 Å². The van der Waals surface area contributed by atoms with Crippen LogP contribution in [0.3, 0.4) is 0 Å². The second kappa shape index (κ2) is 5.65. The van der Waals surface area contributed by atoms with E-state index in [4.69, 9.17) is 0 Å². The van der Waals surface area contributed by atoms with Gasteiger partial charge in [0.1, 0.15) is 11.6 Å². The number of aromatic hydroxyl groups is 1. The number of rotatable bonds is 3. The van der Waals surface area contributed by atoms with Crippen LogP contribution in [0.25, 0.3) is 0 Å². The summed E-state index contributed by atoms with van der Waals surface area (Å²) in [5, 5.41) is 12.4. The van der Waals surface area contributed by atoms with Gasteiger partial charge < -0.3 is 10.4 Å². The molecule has 0 bridgehead atoms. The molecule has 6 heteroatoms. The summed E-state index contributed by atoms with van der Waals surface area (Å²) >= 11 is 0. The fourth-order valence-corrected chi connectivity index (χ4v) is 3.02. The maximum Gasteiger partial charge on any atom is 0.331 e. The Labute approximate surface area is 126 Å². The van der Waals surface area contributed by atoms with Gasteiger partial charge in [0.15, 0.2) is 0 Å². The molecule has 0 saturated heterocycles. The number of H-pyrrole nitrogens is 1. The number of quaternary nitrogens is 1. The fourth-order valence-electron chi connectivity index (χ4n) is 3.02. The summed E-state index contributed by atoms with van der Waals surface area (Å²) in [7, 11) is 0. The summed E-state index contributed by atoms with van der Waals surface area (Å²) in [5.74, 6) is -0.286. The van der Waals surface area contributed by atoms with Crippen molar-refractivity contribution in [3.63, 3.8) is 0 Å². The SMILES string of the molecule is C=CCn1c(O)c([C@@H]2[NH2+]CCc3ccccc32)c(=O)[nH]c1=O. The maximum atomic E-state index is 12.3. The molecule has 2 aromatic rings. The highest BCUT2D eigenvalue weighted by atomic mass is 16.3. The quantitative estimate of drug-likeness (QED) is 0.676. The molecule has 0 saturated carbocycles. The molecule has 0 aliphatic carbocycles. The van der Waals surface area contributed by atoms with Crippen molar-refractivity contribution in [3.8, 4) is 5.88 Å². The minimum atomic E-state index is -0.629. The molecule has 22 heavy (non-hydrogen) atoms. The Bertz CT molecular complexity index is 835. The van der Waals surface area contributed by atoms with Crippen LogP contribution in [0, 0.1) is 0 Å². The molecule has 2 heterocycles. The van der Waals surface area contributed by atoms with E-state index in [0.717, 1.165) is 28.7 Å². The molecule has 0 amide bonds. The van der Waals surface area contributed by atoms with Crippen molar-refractivity contribution in [2.75, 3.05) is 6.54 Å². The van der Waals surface area contributed by atoms with Crippen LogP contribution in [0.1, 0.15) is 22.7 Å². The highest BCUT2D eigenvalue weighted by Crippen LogP contribution is 2.26. The summed E-state index contributed by atoms with van der Waals surface area (Å²) in [5.41, 5.74) is 1.21. The van der Waals surface area contributed by atoms with E-state index < -0.39 is 11.2 Å². The Balaban J connectivity index is 2.22. The number of nitrogens with zero attached hydrogens (tertiary/aromatic N) is 1. The van der Waals surface area contributed by atoms with Gasteiger partial charge in [-0.1, -0.05) is 30.3 Å². The maximum absolute atomic E-state index is 12.3. The molecule has 1 aromatic carbocycles. The number of benzene rings is 1. The zero-order valence-corrected chi connectivity index (χ0v) is 12.1. The van der Waals surface area contributed by atoms with Crippen molar-refractivity contribution in [2.24, 2.45) is 0 Å². The number of nitrogens with two attached hydrogens (primary N) is 1. The molecular weight excluding hydrogens is 282 g/mol. The van der Waals surface area contributed by atoms with Crippen LogP contribution >= 0.6 is 0 Å². The predicted molar refractivity (Wildman–Crippen MR) is 82.0 cm³/mol. The summed E-state index contributed by atoms with van der Waals surface area (Å²) in [6.45, 7) is 4.53. The van der Waals surface area contributed by atoms with E-state index in [1.807, 2.05) is 29.6 Å². The molecule has 114 valence electrons. The number of aromatic amines is 1. The lowest BCUT2D eigenvalue weighted by atomic mass is 9.91. The minimum absolute atomic E-state index is 0.142. The third-order valence-electron chi connectivity index (χ3n) is 4.04. The Morgan fingerprint density at radius 2 is 2.18 bits per heavy atom. The summed E-state index contributed by atoms with van der Waals surface area (Å²) in [6, 6.07) is 7.54. The number of fused-ring (bicyclic) bond motifs is 1. The van der Waals surface area contributed by atoms with Gasteiger partial charge in [-0.25, -0.2) is 4.79 Å². The van der Waals surface area contributed by atoms with Gasteiger partial charge in [-0.2, -0.15) is 0 Å². The molecule has 1 aliphatic rings. The smallest absolute Gasteiger partial charge is 0.331 e. The summed E-state index contributed by atoms with van der Waals surface area (Å²) in [6.07, 6.45) is 2.42. The number of allylic oxidation sites excluding steroid dienone is 1. The minimum Gasteiger partial charge on any atom is -0.494 e. The molecule has 0 radical (unpaired) electrons. The lowest BCUT2D eigenvalue weighted by Crippen LogP contribution is -2.87. The van der Waals surface area contributed by atoms with E-state index in [1.165, 1.54) is 6.08 Å². The number of aromatic nitrogens is 2. The molecule has 0 unspecified atom stereocenters. The first kappa shape index (κ1) is 14.3. The van der Waals surface area contributed by atoms with Gasteiger partial charge in [0.25, 0.3) is 5.56 Å².